The van der Waals surface area contributed by atoms with Crippen molar-refractivity contribution in [3.63, 3.8) is 0 Å². The van der Waals surface area contributed by atoms with Gasteiger partial charge in [0.25, 0.3) is 0 Å². The summed E-state index contributed by atoms with van der Waals surface area (Å²) in [6, 6.07) is 4.40. The molecule has 0 amide bonds. The van der Waals surface area contributed by atoms with Gasteiger partial charge in [-0.15, -0.1) is 0 Å². The largest absolute Gasteiger partial charge is 0.480 e. The molecule has 10 heteroatoms. The van der Waals surface area contributed by atoms with E-state index in [1.165, 1.54) is 43.3 Å². The molecule has 2 aromatic carbocycles. The Labute approximate surface area is 173 Å². The second-order valence-corrected chi connectivity index (χ2v) is 7.97. The molecule has 2 atom stereocenters. The predicted octanol–water partition coefficient (Wildman–Crippen LogP) is 4.49. The van der Waals surface area contributed by atoms with E-state index in [0.717, 1.165) is 0 Å². The molecule has 0 aromatic heterocycles. The normalized spacial score (nSPS) is 22.7. The van der Waals surface area contributed by atoms with Crippen LogP contribution in [0.25, 0.3) is 0 Å². The molecule has 0 fully saturated rings. The van der Waals surface area contributed by atoms with Gasteiger partial charge in [-0.05, 0) is 40.3 Å². The Morgan fingerprint density at radius 2 is 1.23 bits per heavy atom. The Hall–Kier alpha value is -2.59. The highest BCUT2D eigenvalue weighted by atomic mass is 19.4. The van der Waals surface area contributed by atoms with Crippen LogP contribution < -0.4 is 10.6 Å². The Bertz CT molecular complexity index is 974. The number of rotatable bonds is 3. The molecular formula is C21H18F6N2O2. The van der Waals surface area contributed by atoms with Gasteiger partial charge < -0.3 is 5.11 Å². The van der Waals surface area contributed by atoms with Crippen LogP contribution in [0.2, 0.25) is 0 Å². The molecule has 166 valence electrons. The quantitative estimate of drug-likeness (QED) is 0.611. The molecule has 2 heterocycles. The molecule has 2 unspecified atom stereocenters. The van der Waals surface area contributed by atoms with Gasteiger partial charge in [0, 0.05) is 13.1 Å². The number of aliphatic carboxylic acids is 1. The van der Waals surface area contributed by atoms with E-state index >= 15 is 0 Å². The van der Waals surface area contributed by atoms with Gasteiger partial charge in [0.05, 0.1) is 0 Å². The fourth-order valence-corrected chi connectivity index (χ4v) is 4.34. The van der Waals surface area contributed by atoms with Crippen molar-refractivity contribution >= 4 is 5.97 Å². The molecule has 0 aliphatic carbocycles. The Morgan fingerprint density at radius 3 is 1.55 bits per heavy atom. The SMILES string of the molecule is CC(C(=O)O)(c1ccc2c(c1)CNC2C(F)(F)F)c1ccc2c(c1)CNC2C(F)(F)F. The third-order valence-electron chi connectivity index (χ3n) is 6.14. The van der Waals surface area contributed by atoms with E-state index in [4.69, 9.17) is 0 Å². The summed E-state index contributed by atoms with van der Waals surface area (Å²) in [5.41, 5.74) is -0.399. The van der Waals surface area contributed by atoms with Crippen LogP contribution in [0, 0.1) is 0 Å². The highest BCUT2D eigenvalue weighted by Crippen LogP contribution is 2.43. The fraction of sp³-hybridized carbons (Fsp3) is 0.381. The molecule has 0 saturated carbocycles. The number of carboxylic acid groups (broad SMARTS) is 1. The van der Waals surface area contributed by atoms with Crippen LogP contribution in [-0.2, 0) is 23.3 Å². The zero-order valence-corrected chi connectivity index (χ0v) is 16.2. The molecule has 4 rings (SSSR count). The van der Waals surface area contributed by atoms with Crippen molar-refractivity contribution in [2.45, 2.75) is 49.9 Å². The Balaban J connectivity index is 1.76. The summed E-state index contributed by atoms with van der Waals surface area (Å²) in [4.78, 5) is 12.3. The van der Waals surface area contributed by atoms with Crippen molar-refractivity contribution in [1.29, 1.82) is 0 Å². The Morgan fingerprint density at radius 1 is 0.839 bits per heavy atom. The second-order valence-electron chi connectivity index (χ2n) is 7.97. The van der Waals surface area contributed by atoms with E-state index in [1.807, 2.05) is 0 Å². The number of nitrogens with one attached hydrogen (secondary N) is 2. The third kappa shape index (κ3) is 3.47. The van der Waals surface area contributed by atoms with E-state index in [-0.39, 0.29) is 35.3 Å². The fourth-order valence-electron chi connectivity index (χ4n) is 4.34. The van der Waals surface area contributed by atoms with Gasteiger partial charge in [-0.3, -0.25) is 15.4 Å². The number of halogens is 6. The van der Waals surface area contributed by atoms with E-state index in [0.29, 0.717) is 11.1 Å². The minimum absolute atomic E-state index is 0.0372. The first kappa shape index (κ1) is 21.6. The summed E-state index contributed by atoms with van der Waals surface area (Å²) in [6.07, 6.45) is -8.96. The zero-order valence-electron chi connectivity index (χ0n) is 16.2. The molecule has 0 bridgehead atoms. The molecule has 4 nitrogen and oxygen atoms in total. The molecule has 2 aromatic rings. The van der Waals surface area contributed by atoms with E-state index in [1.54, 1.807) is 0 Å². The molecule has 31 heavy (non-hydrogen) atoms. The van der Waals surface area contributed by atoms with Crippen molar-refractivity contribution in [2.24, 2.45) is 0 Å². The standard InChI is InChI=1S/C21H18F6N2O2/c1-19(18(30)31,12-2-4-14-10(6-12)8-28-16(14)20(22,23)24)13-3-5-15-11(7-13)9-29-17(15)21(25,26)27/h2-7,16-17,28-29H,8-9H2,1H3,(H,30,31). The van der Waals surface area contributed by atoms with Crippen molar-refractivity contribution in [1.82, 2.24) is 10.6 Å². The molecule has 0 spiro atoms. The molecule has 3 N–H and O–H groups in total. The van der Waals surface area contributed by atoms with Crippen LogP contribution >= 0.6 is 0 Å². The van der Waals surface area contributed by atoms with Crippen molar-refractivity contribution < 1.29 is 36.2 Å². The van der Waals surface area contributed by atoms with Crippen molar-refractivity contribution in [2.75, 3.05) is 0 Å². The number of alkyl halides is 6. The molecular weight excluding hydrogens is 426 g/mol. The first-order valence-corrected chi connectivity index (χ1v) is 9.43. The van der Waals surface area contributed by atoms with E-state index in [2.05, 4.69) is 10.6 Å². The number of hydrogen-bond donors (Lipinski definition) is 3. The minimum Gasteiger partial charge on any atom is -0.480 e. The van der Waals surface area contributed by atoms with Crippen LogP contribution in [0.4, 0.5) is 26.3 Å². The van der Waals surface area contributed by atoms with Gasteiger partial charge in [0.15, 0.2) is 0 Å². The number of hydrogen-bond acceptors (Lipinski definition) is 3. The van der Waals surface area contributed by atoms with Crippen LogP contribution in [-0.4, -0.2) is 23.4 Å². The van der Waals surface area contributed by atoms with Gasteiger partial charge in [-0.1, -0.05) is 36.4 Å². The first-order valence-electron chi connectivity index (χ1n) is 9.43. The summed E-state index contributed by atoms with van der Waals surface area (Å²) in [5.74, 6) is -1.26. The highest BCUT2D eigenvalue weighted by Gasteiger charge is 2.47. The van der Waals surface area contributed by atoms with Gasteiger partial charge in [0.2, 0.25) is 0 Å². The first-order chi connectivity index (χ1) is 14.3. The molecule has 2 aliphatic rings. The number of benzene rings is 2. The third-order valence-corrected chi connectivity index (χ3v) is 6.14. The van der Waals surface area contributed by atoms with Gasteiger partial charge in [-0.25, -0.2) is 0 Å². The molecule has 0 radical (unpaired) electrons. The molecule has 0 saturated heterocycles. The van der Waals surface area contributed by atoms with E-state index in [9.17, 15) is 36.2 Å². The minimum atomic E-state index is -4.48. The maximum Gasteiger partial charge on any atom is 0.407 e. The zero-order chi connectivity index (χ0) is 22.8. The maximum atomic E-state index is 13.2. The second kappa shape index (κ2) is 6.96. The summed E-state index contributed by atoms with van der Waals surface area (Å²) >= 11 is 0. The summed E-state index contributed by atoms with van der Waals surface area (Å²) in [5, 5.41) is 14.8. The monoisotopic (exact) mass is 444 g/mol. The van der Waals surface area contributed by atoms with Crippen LogP contribution in [0.3, 0.4) is 0 Å². The molecule has 2 aliphatic heterocycles. The lowest BCUT2D eigenvalue weighted by Gasteiger charge is -2.28. The number of carboxylic acids is 1. The summed E-state index contributed by atoms with van der Waals surface area (Å²) < 4.78 is 79.0. The summed E-state index contributed by atoms with van der Waals surface area (Å²) in [7, 11) is 0. The predicted molar refractivity (Wildman–Crippen MR) is 98.2 cm³/mol. The maximum absolute atomic E-state index is 13.2. The average molecular weight is 444 g/mol. The van der Waals surface area contributed by atoms with Crippen LogP contribution in [0.1, 0.15) is 52.4 Å². The topological polar surface area (TPSA) is 61.4 Å². The smallest absolute Gasteiger partial charge is 0.407 e. The highest BCUT2D eigenvalue weighted by molar-refractivity contribution is 5.86. The lowest BCUT2D eigenvalue weighted by Crippen LogP contribution is -2.34. The van der Waals surface area contributed by atoms with Gasteiger partial charge >= 0.3 is 18.3 Å². The van der Waals surface area contributed by atoms with Crippen LogP contribution in [0.5, 0.6) is 0 Å². The number of fused-ring (bicyclic) bond motifs is 2. The van der Waals surface area contributed by atoms with Gasteiger partial charge in [-0.2, -0.15) is 26.3 Å². The lowest BCUT2D eigenvalue weighted by atomic mass is 9.74. The van der Waals surface area contributed by atoms with Crippen molar-refractivity contribution in [3.05, 3.63) is 69.8 Å². The number of carbonyl (C=O) groups is 1. The van der Waals surface area contributed by atoms with Gasteiger partial charge in [0.1, 0.15) is 17.5 Å². The van der Waals surface area contributed by atoms with Crippen LogP contribution in [0.15, 0.2) is 36.4 Å². The Kier molecular flexibility index (Phi) is 4.86. The van der Waals surface area contributed by atoms with Crippen molar-refractivity contribution in [3.8, 4) is 0 Å². The summed E-state index contributed by atoms with van der Waals surface area (Å²) in [6.45, 7) is 1.26. The lowest BCUT2D eigenvalue weighted by molar-refractivity contribution is -0.156. The average Bonchev–Trinajstić information content (AvgIpc) is 3.29. The van der Waals surface area contributed by atoms with E-state index < -0.39 is 35.8 Å².